The molecule has 0 bridgehead atoms. The van der Waals surface area contributed by atoms with Gasteiger partial charge >= 0.3 is 0 Å². The topological polar surface area (TPSA) is 30.0 Å². The summed E-state index contributed by atoms with van der Waals surface area (Å²) in [5.74, 6) is -0.395. The molecule has 4 heteroatoms. The number of carbonyl (C=O) groups is 1. The second kappa shape index (κ2) is 4.41. The van der Waals surface area contributed by atoms with E-state index in [2.05, 4.69) is 4.98 Å². The molecule has 0 saturated carbocycles. The third-order valence-electron chi connectivity index (χ3n) is 2.22. The lowest BCUT2D eigenvalue weighted by Gasteiger charge is -2.06. The highest BCUT2D eigenvalue weighted by atomic mass is 35.5. The minimum absolute atomic E-state index is 0.0794. The van der Waals surface area contributed by atoms with Gasteiger partial charge in [0.1, 0.15) is 11.0 Å². The van der Waals surface area contributed by atoms with Crippen molar-refractivity contribution in [2.45, 2.75) is 0 Å². The van der Waals surface area contributed by atoms with Gasteiger partial charge in [-0.2, -0.15) is 0 Å². The van der Waals surface area contributed by atoms with E-state index in [1.807, 2.05) is 0 Å². The number of carbonyl (C=O) groups excluding carboxylic acids is 1. The van der Waals surface area contributed by atoms with Crippen molar-refractivity contribution in [2.24, 2.45) is 0 Å². The molecular weight excluding hydrogens is 229 g/mol. The Morgan fingerprint density at radius 3 is 2.62 bits per heavy atom. The van der Waals surface area contributed by atoms with Crippen LogP contribution in [0.2, 0.25) is 5.15 Å². The van der Waals surface area contributed by atoms with Gasteiger partial charge in [0.25, 0.3) is 0 Å². The zero-order valence-electron chi connectivity index (χ0n) is 8.15. The average molecular weight is 236 g/mol. The molecule has 2 nitrogen and oxygen atoms in total. The van der Waals surface area contributed by atoms with E-state index in [0.29, 0.717) is 17.4 Å². The first kappa shape index (κ1) is 10.8. The van der Waals surface area contributed by atoms with Gasteiger partial charge in [0.2, 0.25) is 0 Å². The molecule has 2 aromatic rings. The lowest BCUT2D eigenvalue weighted by molar-refractivity contribution is 0.112. The molecule has 0 radical (unpaired) electrons. The van der Waals surface area contributed by atoms with E-state index in [1.165, 1.54) is 12.3 Å². The van der Waals surface area contributed by atoms with Crippen LogP contribution >= 0.6 is 11.6 Å². The summed E-state index contributed by atoms with van der Waals surface area (Å²) >= 11 is 5.77. The Hall–Kier alpha value is -1.74. The van der Waals surface area contributed by atoms with Crippen molar-refractivity contribution >= 4 is 17.9 Å². The molecule has 80 valence electrons. The summed E-state index contributed by atoms with van der Waals surface area (Å²) in [6.07, 6.45) is 2.02. The minimum atomic E-state index is -0.395. The zero-order valence-corrected chi connectivity index (χ0v) is 8.91. The van der Waals surface area contributed by atoms with E-state index in [-0.39, 0.29) is 10.7 Å². The van der Waals surface area contributed by atoms with Gasteiger partial charge in [-0.15, -0.1) is 0 Å². The van der Waals surface area contributed by atoms with Crippen molar-refractivity contribution < 1.29 is 9.18 Å². The van der Waals surface area contributed by atoms with Gasteiger partial charge in [-0.1, -0.05) is 29.8 Å². The molecule has 0 aliphatic carbocycles. The molecule has 16 heavy (non-hydrogen) atoms. The number of halogens is 2. The van der Waals surface area contributed by atoms with Gasteiger partial charge in [0, 0.05) is 11.8 Å². The van der Waals surface area contributed by atoms with Crippen molar-refractivity contribution in [3.05, 3.63) is 53.1 Å². The quantitative estimate of drug-likeness (QED) is 0.590. The zero-order chi connectivity index (χ0) is 11.5. The fraction of sp³-hybridized carbons (Fsp3) is 0. The smallest absolute Gasteiger partial charge is 0.153 e. The summed E-state index contributed by atoms with van der Waals surface area (Å²) in [5.41, 5.74) is 0.997. The molecule has 1 aromatic heterocycles. The Balaban J connectivity index is 2.69. The van der Waals surface area contributed by atoms with E-state index in [0.717, 1.165) is 0 Å². The first-order chi connectivity index (χ1) is 7.74. The molecule has 1 aromatic carbocycles. The SMILES string of the molecule is O=Cc1c(-c2ccccc2F)ccnc1Cl. The third-order valence-corrected chi connectivity index (χ3v) is 2.52. The molecule has 0 spiro atoms. The second-order valence-electron chi connectivity index (χ2n) is 3.16. The monoisotopic (exact) mass is 235 g/mol. The summed E-state index contributed by atoms with van der Waals surface area (Å²) in [6.45, 7) is 0. The molecule has 0 aliphatic rings. The van der Waals surface area contributed by atoms with Crippen LogP contribution in [0.3, 0.4) is 0 Å². The van der Waals surface area contributed by atoms with Crippen LogP contribution in [0.15, 0.2) is 36.5 Å². The molecule has 0 N–H and O–H groups in total. The Morgan fingerprint density at radius 1 is 1.19 bits per heavy atom. The van der Waals surface area contributed by atoms with E-state index < -0.39 is 5.82 Å². The summed E-state index contributed by atoms with van der Waals surface area (Å²) in [6, 6.07) is 7.77. The van der Waals surface area contributed by atoms with Crippen LogP contribution in [0.1, 0.15) is 10.4 Å². The number of hydrogen-bond acceptors (Lipinski definition) is 2. The first-order valence-corrected chi connectivity index (χ1v) is 4.96. The molecule has 2 rings (SSSR count). The standard InChI is InChI=1S/C12H7ClFNO/c13-12-10(7-16)8(5-6-15-12)9-3-1-2-4-11(9)14/h1-7H. The predicted octanol–water partition coefficient (Wildman–Crippen LogP) is 3.35. The number of rotatable bonds is 2. The van der Waals surface area contributed by atoms with Crippen molar-refractivity contribution in [2.75, 3.05) is 0 Å². The van der Waals surface area contributed by atoms with Crippen molar-refractivity contribution in [3.8, 4) is 11.1 Å². The van der Waals surface area contributed by atoms with Crippen LogP contribution in [-0.2, 0) is 0 Å². The van der Waals surface area contributed by atoms with Gasteiger partial charge in [-0.3, -0.25) is 4.79 Å². The molecule has 0 amide bonds. The lowest BCUT2D eigenvalue weighted by Crippen LogP contribution is -1.93. The lowest BCUT2D eigenvalue weighted by atomic mass is 10.0. The molecule has 0 atom stereocenters. The summed E-state index contributed by atoms with van der Waals surface area (Å²) in [7, 11) is 0. The van der Waals surface area contributed by atoms with Crippen LogP contribution in [0.5, 0.6) is 0 Å². The van der Waals surface area contributed by atoms with Crippen LogP contribution < -0.4 is 0 Å². The van der Waals surface area contributed by atoms with E-state index in [4.69, 9.17) is 11.6 Å². The Bertz CT molecular complexity index is 542. The normalized spacial score (nSPS) is 10.1. The molecule has 0 saturated heterocycles. The van der Waals surface area contributed by atoms with Crippen LogP contribution in [-0.4, -0.2) is 11.3 Å². The minimum Gasteiger partial charge on any atom is -0.298 e. The maximum absolute atomic E-state index is 13.5. The average Bonchev–Trinajstić information content (AvgIpc) is 2.29. The molecule has 0 aliphatic heterocycles. The maximum atomic E-state index is 13.5. The van der Waals surface area contributed by atoms with E-state index in [9.17, 15) is 9.18 Å². The van der Waals surface area contributed by atoms with Gasteiger partial charge in [-0.25, -0.2) is 9.37 Å². The van der Waals surface area contributed by atoms with E-state index >= 15 is 0 Å². The van der Waals surface area contributed by atoms with Crippen LogP contribution in [0, 0.1) is 5.82 Å². The van der Waals surface area contributed by atoms with Crippen LogP contribution in [0.4, 0.5) is 4.39 Å². The fourth-order valence-corrected chi connectivity index (χ4v) is 1.68. The van der Waals surface area contributed by atoms with Gasteiger partial charge < -0.3 is 0 Å². The predicted molar refractivity (Wildman–Crippen MR) is 60.0 cm³/mol. The van der Waals surface area contributed by atoms with Crippen LogP contribution in [0.25, 0.3) is 11.1 Å². The number of pyridine rings is 1. The Labute approximate surface area is 96.7 Å². The highest BCUT2D eigenvalue weighted by molar-refractivity contribution is 6.32. The summed E-state index contributed by atoms with van der Waals surface area (Å²) in [4.78, 5) is 14.7. The molecular formula is C12H7ClFNO. The first-order valence-electron chi connectivity index (χ1n) is 4.58. The van der Waals surface area contributed by atoms with E-state index in [1.54, 1.807) is 24.3 Å². The van der Waals surface area contributed by atoms with Gasteiger partial charge in [0.15, 0.2) is 6.29 Å². The number of nitrogens with zero attached hydrogens (tertiary/aromatic N) is 1. The number of aldehydes is 1. The molecule has 0 fully saturated rings. The van der Waals surface area contributed by atoms with Crippen molar-refractivity contribution in [3.63, 3.8) is 0 Å². The second-order valence-corrected chi connectivity index (χ2v) is 3.52. The summed E-state index contributed by atoms with van der Waals surface area (Å²) in [5, 5.41) is 0.0794. The largest absolute Gasteiger partial charge is 0.298 e. The highest BCUT2D eigenvalue weighted by Crippen LogP contribution is 2.28. The molecule has 1 heterocycles. The molecule has 0 unspecified atom stereocenters. The number of aromatic nitrogens is 1. The number of hydrogen-bond donors (Lipinski definition) is 0. The van der Waals surface area contributed by atoms with Gasteiger partial charge in [0.05, 0.1) is 5.56 Å². The summed E-state index contributed by atoms with van der Waals surface area (Å²) < 4.78 is 13.5. The number of benzene rings is 1. The maximum Gasteiger partial charge on any atom is 0.153 e. The van der Waals surface area contributed by atoms with Gasteiger partial charge in [-0.05, 0) is 17.7 Å². The Kier molecular flexibility index (Phi) is 2.97. The Morgan fingerprint density at radius 2 is 1.94 bits per heavy atom. The van der Waals surface area contributed by atoms with Crippen molar-refractivity contribution in [1.82, 2.24) is 4.98 Å². The fourth-order valence-electron chi connectivity index (χ4n) is 1.47. The third kappa shape index (κ3) is 1.82. The highest BCUT2D eigenvalue weighted by Gasteiger charge is 2.11. The van der Waals surface area contributed by atoms with Crippen molar-refractivity contribution in [1.29, 1.82) is 0 Å².